The molecule has 1 amide bonds. The predicted molar refractivity (Wildman–Crippen MR) is 134 cm³/mol. The van der Waals surface area contributed by atoms with Crippen molar-refractivity contribution in [2.45, 2.75) is 6.92 Å². The van der Waals surface area contributed by atoms with Crippen molar-refractivity contribution in [1.82, 2.24) is 14.8 Å². The van der Waals surface area contributed by atoms with Gasteiger partial charge in [-0.2, -0.15) is 5.10 Å². The summed E-state index contributed by atoms with van der Waals surface area (Å²) in [6, 6.07) is 14.5. The van der Waals surface area contributed by atoms with Crippen LogP contribution < -0.4 is 10.1 Å². The fourth-order valence-corrected chi connectivity index (χ4v) is 5.57. The third-order valence-electron chi connectivity index (χ3n) is 5.00. The second-order valence-corrected chi connectivity index (χ2v) is 9.72. The van der Waals surface area contributed by atoms with E-state index in [1.165, 1.54) is 22.7 Å². The monoisotopic (exact) mass is 512 g/mol. The van der Waals surface area contributed by atoms with E-state index in [9.17, 15) is 9.59 Å². The number of benzene rings is 2. The first-order valence-electron chi connectivity index (χ1n) is 10.1. The molecule has 0 radical (unpaired) electrons. The third kappa shape index (κ3) is 4.23. The summed E-state index contributed by atoms with van der Waals surface area (Å²) in [5, 5.41) is 9.01. The van der Waals surface area contributed by atoms with Crippen molar-refractivity contribution in [3.05, 3.63) is 64.1 Å². The van der Waals surface area contributed by atoms with Gasteiger partial charge >= 0.3 is 5.97 Å². The van der Waals surface area contributed by atoms with E-state index in [4.69, 9.17) is 21.1 Å². The molecule has 5 rings (SSSR count). The average Bonchev–Trinajstić information content (AvgIpc) is 3.51. The first-order valence-corrected chi connectivity index (χ1v) is 12.1. The number of thiazole rings is 1. The maximum absolute atomic E-state index is 12.6. The molecular weight excluding hydrogens is 496 g/mol. The predicted octanol–water partition coefficient (Wildman–Crippen LogP) is 5.46. The minimum Gasteiger partial charge on any atom is -0.497 e. The fourth-order valence-electron chi connectivity index (χ4n) is 3.38. The maximum atomic E-state index is 12.6. The molecule has 0 saturated carbocycles. The molecular formula is C23H17ClN4O4S2. The van der Waals surface area contributed by atoms with Crippen LogP contribution in [0.15, 0.2) is 48.5 Å². The number of nitrogens with zero attached hydrogens (tertiary/aromatic N) is 3. The number of nitrogens with one attached hydrogen (secondary N) is 1. The number of aromatic nitrogens is 3. The number of carbonyl (C=O) groups excluding carboxylic acids is 2. The SMILES string of the molecule is COc1ccc2nc(NC(=O)COC(=O)c3cc4c(C)nn(-c5ccccc5Cl)c4s3)sc2c1. The number of anilines is 1. The van der Waals surface area contributed by atoms with Crippen molar-refractivity contribution in [1.29, 1.82) is 0 Å². The lowest BCUT2D eigenvalue weighted by atomic mass is 10.3. The Bertz CT molecular complexity index is 1560. The Labute approximate surface area is 206 Å². The van der Waals surface area contributed by atoms with Crippen LogP contribution in [0.5, 0.6) is 5.75 Å². The number of amides is 1. The molecule has 0 aliphatic heterocycles. The number of ether oxygens (including phenoxy) is 2. The van der Waals surface area contributed by atoms with E-state index in [0.717, 1.165) is 31.8 Å². The summed E-state index contributed by atoms with van der Waals surface area (Å²) in [5.41, 5.74) is 2.22. The molecule has 11 heteroatoms. The van der Waals surface area contributed by atoms with Gasteiger partial charge in [-0.25, -0.2) is 14.5 Å². The normalized spacial score (nSPS) is 11.1. The third-order valence-corrected chi connectivity index (χ3v) is 7.35. The van der Waals surface area contributed by atoms with Crippen LogP contribution >= 0.6 is 34.3 Å². The molecule has 34 heavy (non-hydrogen) atoms. The smallest absolute Gasteiger partial charge is 0.348 e. The van der Waals surface area contributed by atoms with Crippen molar-refractivity contribution in [2.75, 3.05) is 19.0 Å². The molecule has 0 aliphatic carbocycles. The lowest BCUT2D eigenvalue weighted by Crippen LogP contribution is -2.20. The summed E-state index contributed by atoms with van der Waals surface area (Å²) >= 11 is 8.87. The van der Waals surface area contributed by atoms with Crippen LogP contribution in [0, 0.1) is 6.92 Å². The molecule has 0 atom stereocenters. The van der Waals surface area contributed by atoms with Gasteiger partial charge in [0.25, 0.3) is 5.91 Å². The van der Waals surface area contributed by atoms with E-state index in [2.05, 4.69) is 15.4 Å². The zero-order chi connectivity index (χ0) is 23.8. The number of thiophene rings is 1. The summed E-state index contributed by atoms with van der Waals surface area (Å²) in [7, 11) is 1.59. The van der Waals surface area contributed by atoms with E-state index in [1.54, 1.807) is 30.0 Å². The van der Waals surface area contributed by atoms with Gasteiger partial charge in [0.2, 0.25) is 0 Å². The van der Waals surface area contributed by atoms with Crippen LogP contribution in [0.1, 0.15) is 15.4 Å². The number of hydrogen-bond acceptors (Lipinski definition) is 8. The van der Waals surface area contributed by atoms with Crippen LogP contribution in [0.4, 0.5) is 5.13 Å². The molecule has 0 spiro atoms. The van der Waals surface area contributed by atoms with Gasteiger partial charge in [0, 0.05) is 5.39 Å². The van der Waals surface area contributed by atoms with E-state index in [-0.39, 0.29) is 0 Å². The van der Waals surface area contributed by atoms with Gasteiger partial charge in [0.1, 0.15) is 15.5 Å². The molecule has 0 bridgehead atoms. The van der Waals surface area contributed by atoms with E-state index >= 15 is 0 Å². The van der Waals surface area contributed by atoms with Gasteiger partial charge in [0.05, 0.1) is 33.7 Å². The highest BCUT2D eigenvalue weighted by Gasteiger charge is 2.20. The van der Waals surface area contributed by atoms with Crippen molar-refractivity contribution < 1.29 is 19.1 Å². The Morgan fingerprint density at radius 2 is 1.97 bits per heavy atom. The quantitative estimate of drug-likeness (QED) is 0.303. The van der Waals surface area contributed by atoms with Gasteiger partial charge in [-0.05, 0) is 43.3 Å². The second kappa shape index (κ2) is 9.05. The number of aryl methyl sites for hydroxylation is 1. The number of carbonyl (C=O) groups is 2. The summed E-state index contributed by atoms with van der Waals surface area (Å²) in [6.07, 6.45) is 0. The van der Waals surface area contributed by atoms with Crippen molar-refractivity contribution >= 4 is 71.7 Å². The van der Waals surface area contributed by atoms with Crippen LogP contribution in [0.3, 0.4) is 0 Å². The topological polar surface area (TPSA) is 95.3 Å². The highest BCUT2D eigenvalue weighted by Crippen LogP contribution is 2.33. The lowest BCUT2D eigenvalue weighted by Gasteiger charge is -2.04. The zero-order valence-corrected chi connectivity index (χ0v) is 20.4. The first-order chi connectivity index (χ1) is 16.4. The number of hydrogen-bond donors (Lipinski definition) is 1. The van der Waals surface area contributed by atoms with Gasteiger partial charge in [-0.3, -0.25) is 10.1 Å². The van der Waals surface area contributed by atoms with Gasteiger partial charge in [0.15, 0.2) is 11.7 Å². The number of methoxy groups -OCH3 is 1. The molecule has 0 unspecified atom stereocenters. The van der Waals surface area contributed by atoms with Crippen LogP contribution in [-0.2, 0) is 9.53 Å². The van der Waals surface area contributed by atoms with Crippen LogP contribution in [0.25, 0.3) is 26.1 Å². The Kier molecular flexibility index (Phi) is 5.94. The zero-order valence-electron chi connectivity index (χ0n) is 18.0. The standard InChI is InChI=1S/C23H17ClN4O4S2/c1-12-14-10-19(33-21(14)28(27-12)17-6-4-3-5-15(17)24)22(30)32-11-20(29)26-23-25-16-8-7-13(31-2)9-18(16)34-23/h3-10H,11H2,1-2H3,(H,25,26,29). The number of para-hydroxylation sites is 1. The highest BCUT2D eigenvalue weighted by atomic mass is 35.5. The van der Waals surface area contributed by atoms with Gasteiger partial charge in [-0.15, -0.1) is 11.3 Å². The Balaban J connectivity index is 1.28. The summed E-state index contributed by atoms with van der Waals surface area (Å²) in [4.78, 5) is 30.5. The van der Waals surface area contributed by atoms with Crippen LogP contribution in [-0.4, -0.2) is 40.4 Å². The number of halogens is 1. The van der Waals surface area contributed by atoms with Crippen molar-refractivity contribution in [2.24, 2.45) is 0 Å². The lowest BCUT2D eigenvalue weighted by molar-refractivity contribution is -0.119. The largest absolute Gasteiger partial charge is 0.497 e. The molecule has 0 aliphatic rings. The van der Waals surface area contributed by atoms with Gasteiger partial charge in [-0.1, -0.05) is 35.1 Å². The molecule has 5 aromatic rings. The molecule has 0 saturated heterocycles. The Morgan fingerprint density at radius 1 is 1.15 bits per heavy atom. The molecule has 3 aromatic heterocycles. The first kappa shape index (κ1) is 22.3. The second-order valence-electron chi connectivity index (χ2n) is 7.26. The molecule has 0 fully saturated rings. The summed E-state index contributed by atoms with van der Waals surface area (Å²) in [5.74, 6) is -0.353. The van der Waals surface area contributed by atoms with Crippen LogP contribution in [0.2, 0.25) is 5.02 Å². The number of rotatable bonds is 6. The Hall–Kier alpha value is -3.47. The minimum atomic E-state index is -0.588. The molecule has 8 nitrogen and oxygen atoms in total. The Morgan fingerprint density at radius 3 is 2.76 bits per heavy atom. The van der Waals surface area contributed by atoms with Crippen molar-refractivity contribution in [3.63, 3.8) is 0 Å². The molecule has 172 valence electrons. The van der Waals surface area contributed by atoms with E-state index in [1.807, 2.05) is 37.3 Å². The average molecular weight is 513 g/mol. The molecule has 3 heterocycles. The summed E-state index contributed by atoms with van der Waals surface area (Å²) in [6.45, 7) is 1.43. The molecule has 1 N–H and O–H groups in total. The minimum absolute atomic E-state index is 0.371. The number of esters is 1. The number of fused-ring (bicyclic) bond motifs is 2. The van der Waals surface area contributed by atoms with E-state index in [0.29, 0.717) is 20.8 Å². The fraction of sp³-hybridized carbons (Fsp3) is 0.130. The maximum Gasteiger partial charge on any atom is 0.348 e. The highest BCUT2D eigenvalue weighted by molar-refractivity contribution is 7.22. The van der Waals surface area contributed by atoms with Gasteiger partial charge < -0.3 is 9.47 Å². The molecule has 2 aromatic carbocycles. The van der Waals surface area contributed by atoms with Crippen molar-refractivity contribution in [3.8, 4) is 11.4 Å². The van der Waals surface area contributed by atoms with E-state index < -0.39 is 18.5 Å². The summed E-state index contributed by atoms with van der Waals surface area (Å²) < 4.78 is 13.0.